The number of allylic oxidation sites excluding steroid dienone is 1. The molecular formula is C12H23NO. The standard InChI is InChI=1S/C12H23NO/c1-4-12(2,14-3)11(13)10-8-6-5-7-9-10/h8,11H,4-7,9,13H2,1-3H3. The molecule has 14 heavy (non-hydrogen) atoms. The van der Waals surface area contributed by atoms with Crippen LogP contribution >= 0.6 is 0 Å². The van der Waals surface area contributed by atoms with Crippen molar-refractivity contribution in [2.75, 3.05) is 7.11 Å². The highest BCUT2D eigenvalue weighted by Gasteiger charge is 2.32. The van der Waals surface area contributed by atoms with Gasteiger partial charge in [0.15, 0.2) is 0 Å². The van der Waals surface area contributed by atoms with E-state index >= 15 is 0 Å². The topological polar surface area (TPSA) is 35.2 Å². The Bertz CT molecular complexity index is 206. The summed E-state index contributed by atoms with van der Waals surface area (Å²) >= 11 is 0. The minimum atomic E-state index is -0.191. The summed E-state index contributed by atoms with van der Waals surface area (Å²) in [5, 5.41) is 0. The van der Waals surface area contributed by atoms with Crippen molar-refractivity contribution in [2.24, 2.45) is 5.73 Å². The van der Waals surface area contributed by atoms with Crippen LogP contribution < -0.4 is 5.73 Å². The molecule has 0 heterocycles. The van der Waals surface area contributed by atoms with Crippen molar-refractivity contribution in [3.63, 3.8) is 0 Å². The molecule has 2 unspecified atom stereocenters. The predicted molar refractivity (Wildman–Crippen MR) is 60.2 cm³/mol. The van der Waals surface area contributed by atoms with Crippen LogP contribution in [-0.2, 0) is 4.74 Å². The van der Waals surface area contributed by atoms with E-state index in [2.05, 4.69) is 19.9 Å². The molecule has 0 aromatic carbocycles. The van der Waals surface area contributed by atoms with E-state index in [1.165, 1.54) is 24.8 Å². The Morgan fingerprint density at radius 1 is 1.57 bits per heavy atom. The second kappa shape index (κ2) is 4.94. The monoisotopic (exact) mass is 197 g/mol. The molecule has 1 rings (SSSR count). The van der Waals surface area contributed by atoms with E-state index in [0.717, 1.165) is 12.8 Å². The summed E-state index contributed by atoms with van der Waals surface area (Å²) in [6.07, 6.45) is 8.20. The lowest BCUT2D eigenvalue weighted by Gasteiger charge is -2.35. The second-order valence-corrected chi connectivity index (χ2v) is 4.37. The Balaban J connectivity index is 2.71. The first-order valence-electron chi connectivity index (χ1n) is 5.63. The number of rotatable bonds is 4. The van der Waals surface area contributed by atoms with Crippen molar-refractivity contribution in [2.45, 2.75) is 57.6 Å². The fourth-order valence-electron chi connectivity index (χ4n) is 2.03. The maximum Gasteiger partial charge on any atom is 0.0836 e. The van der Waals surface area contributed by atoms with Gasteiger partial charge in [0.1, 0.15) is 0 Å². The smallest absolute Gasteiger partial charge is 0.0836 e. The third-order valence-corrected chi connectivity index (χ3v) is 3.55. The lowest BCUT2D eigenvalue weighted by atomic mass is 9.83. The first-order chi connectivity index (χ1) is 6.64. The molecule has 0 saturated heterocycles. The molecule has 0 saturated carbocycles. The third-order valence-electron chi connectivity index (χ3n) is 3.55. The van der Waals surface area contributed by atoms with Gasteiger partial charge in [-0.05, 0) is 39.0 Å². The molecule has 2 atom stereocenters. The van der Waals surface area contributed by atoms with Gasteiger partial charge < -0.3 is 10.5 Å². The Morgan fingerprint density at radius 2 is 2.29 bits per heavy atom. The summed E-state index contributed by atoms with van der Waals surface area (Å²) in [7, 11) is 1.76. The minimum Gasteiger partial charge on any atom is -0.377 e. The van der Waals surface area contributed by atoms with Crippen molar-refractivity contribution < 1.29 is 4.74 Å². The van der Waals surface area contributed by atoms with E-state index < -0.39 is 0 Å². The highest BCUT2D eigenvalue weighted by Crippen LogP contribution is 2.28. The fraction of sp³-hybridized carbons (Fsp3) is 0.833. The molecule has 2 heteroatoms. The predicted octanol–water partition coefficient (Wildman–Crippen LogP) is 2.63. The molecule has 2 nitrogen and oxygen atoms in total. The van der Waals surface area contributed by atoms with Crippen LogP contribution in [0.25, 0.3) is 0 Å². The lowest BCUT2D eigenvalue weighted by molar-refractivity contribution is -0.0107. The van der Waals surface area contributed by atoms with Crippen LogP contribution in [0, 0.1) is 0 Å². The van der Waals surface area contributed by atoms with Crippen molar-refractivity contribution in [3.05, 3.63) is 11.6 Å². The van der Waals surface area contributed by atoms with E-state index in [1.807, 2.05) is 0 Å². The van der Waals surface area contributed by atoms with Gasteiger partial charge in [0, 0.05) is 7.11 Å². The van der Waals surface area contributed by atoms with Crippen LogP contribution in [0.4, 0.5) is 0 Å². The average molecular weight is 197 g/mol. The summed E-state index contributed by atoms with van der Waals surface area (Å²) in [6, 6.07) is 0.0674. The van der Waals surface area contributed by atoms with E-state index in [4.69, 9.17) is 10.5 Å². The summed E-state index contributed by atoms with van der Waals surface area (Å²) in [5.41, 5.74) is 7.45. The van der Waals surface area contributed by atoms with Crippen LogP contribution in [0.3, 0.4) is 0 Å². The van der Waals surface area contributed by atoms with Gasteiger partial charge in [-0.15, -0.1) is 0 Å². The molecule has 0 spiro atoms. The van der Waals surface area contributed by atoms with Gasteiger partial charge in [-0.3, -0.25) is 0 Å². The Hall–Kier alpha value is -0.340. The average Bonchev–Trinajstić information content (AvgIpc) is 2.28. The molecule has 0 radical (unpaired) electrons. The fourth-order valence-corrected chi connectivity index (χ4v) is 2.03. The Morgan fingerprint density at radius 3 is 2.71 bits per heavy atom. The molecule has 0 bridgehead atoms. The van der Waals surface area contributed by atoms with Crippen LogP contribution in [-0.4, -0.2) is 18.8 Å². The second-order valence-electron chi connectivity index (χ2n) is 4.37. The molecule has 82 valence electrons. The van der Waals surface area contributed by atoms with Gasteiger partial charge in [-0.2, -0.15) is 0 Å². The van der Waals surface area contributed by atoms with Gasteiger partial charge in [0.05, 0.1) is 11.6 Å². The lowest BCUT2D eigenvalue weighted by Crippen LogP contribution is -2.48. The van der Waals surface area contributed by atoms with Gasteiger partial charge >= 0.3 is 0 Å². The number of nitrogens with two attached hydrogens (primary N) is 1. The first kappa shape index (κ1) is 11.7. The largest absolute Gasteiger partial charge is 0.377 e. The maximum absolute atomic E-state index is 6.25. The maximum atomic E-state index is 6.25. The number of hydrogen-bond donors (Lipinski definition) is 1. The first-order valence-corrected chi connectivity index (χ1v) is 5.63. The number of methoxy groups -OCH3 is 1. The molecule has 2 N–H and O–H groups in total. The zero-order valence-electron chi connectivity index (χ0n) is 9.68. The normalized spacial score (nSPS) is 23.9. The minimum absolute atomic E-state index is 0.0674. The van der Waals surface area contributed by atoms with Crippen LogP contribution in [0.1, 0.15) is 46.0 Å². The zero-order chi connectivity index (χ0) is 10.6. The third kappa shape index (κ3) is 2.37. The van der Waals surface area contributed by atoms with Crippen molar-refractivity contribution in [1.82, 2.24) is 0 Å². The summed E-state index contributed by atoms with van der Waals surface area (Å²) in [5.74, 6) is 0. The Kier molecular flexibility index (Phi) is 4.14. The van der Waals surface area contributed by atoms with Crippen LogP contribution in [0.5, 0.6) is 0 Å². The van der Waals surface area contributed by atoms with Crippen molar-refractivity contribution in [3.8, 4) is 0 Å². The molecule has 0 aliphatic heterocycles. The SMILES string of the molecule is CCC(C)(OC)C(N)C1=CCCCC1. The van der Waals surface area contributed by atoms with E-state index in [1.54, 1.807) is 7.11 Å². The van der Waals surface area contributed by atoms with Crippen LogP contribution in [0.15, 0.2) is 11.6 Å². The summed E-state index contributed by atoms with van der Waals surface area (Å²) in [6.45, 7) is 4.24. The number of ether oxygens (including phenoxy) is 1. The molecular weight excluding hydrogens is 174 g/mol. The molecule has 0 fully saturated rings. The zero-order valence-corrected chi connectivity index (χ0v) is 9.68. The van der Waals surface area contributed by atoms with Gasteiger partial charge in [-0.1, -0.05) is 18.6 Å². The Labute approximate surface area is 87.5 Å². The number of hydrogen-bond acceptors (Lipinski definition) is 2. The molecule has 1 aliphatic carbocycles. The quantitative estimate of drug-likeness (QED) is 0.703. The highest BCUT2D eigenvalue weighted by atomic mass is 16.5. The van der Waals surface area contributed by atoms with Gasteiger partial charge in [0.2, 0.25) is 0 Å². The van der Waals surface area contributed by atoms with Gasteiger partial charge in [-0.25, -0.2) is 0 Å². The van der Waals surface area contributed by atoms with E-state index in [-0.39, 0.29) is 11.6 Å². The highest BCUT2D eigenvalue weighted by molar-refractivity contribution is 5.17. The molecule has 0 amide bonds. The van der Waals surface area contributed by atoms with Crippen molar-refractivity contribution >= 4 is 0 Å². The molecule has 1 aliphatic rings. The molecule has 0 aromatic heterocycles. The summed E-state index contributed by atoms with van der Waals surface area (Å²) < 4.78 is 5.54. The van der Waals surface area contributed by atoms with E-state index in [0.29, 0.717) is 0 Å². The molecule has 0 aromatic rings. The van der Waals surface area contributed by atoms with E-state index in [9.17, 15) is 0 Å². The van der Waals surface area contributed by atoms with Crippen molar-refractivity contribution in [1.29, 1.82) is 0 Å². The van der Waals surface area contributed by atoms with Crippen LogP contribution in [0.2, 0.25) is 0 Å². The van der Waals surface area contributed by atoms with Gasteiger partial charge in [0.25, 0.3) is 0 Å². The summed E-state index contributed by atoms with van der Waals surface area (Å²) in [4.78, 5) is 0.